The lowest BCUT2D eigenvalue weighted by Gasteiger charge is -2.41. The number of rotatable bonds is 10. The predicted molar refractivity (Wildman–Crippen MR) is 142 cm³/mol. The highest BCUT2D eigenvalue weighted by Crippen LogP contribution is 2.40. The number of carbonyl (C=O) groups is 4. The number of ether oxygens (including phenoxy) is 2. The van der Waals surface area contributed by atoms with E-state index in [2.05, 4.69) is 5.32 Å². The molecule has 0 radical (unpaired) electrons. The van der Waals surface area contributed by atoms with Gasteiger partial charge in [0.2, 0.25) is 11.5 Å². The van der Waals surface area contributed by atoms with Crippen molar-refractivity contribution < 1.29 is 33.8 Å². The van der Waals surface area contributed by atoms with Gasteiger partial charge in [0.05, 0.1) is 12.3 Å². The minimum atomic E-state index is -1.26. The van der Waals surface area contributed by atoms with Gasteiger partial charge >= 0.3 is 6.09 Å². The second-order valence-corrected chi connectivity index (χ2v) is 10.1. The van der Waals surface area contributed by atoms with Gasteiger partial charge in [-0.1, -0.05) is 13.8 Å². The number of nitrogens with one attached hydrogen (secondary N) is 1. The molecule has 11 heteroatoms. The van der Waals surface area contributed by atoms with Crippen LogP contribution >= 0.6 is 0 Å². The van der Waals surface area contributed by atoms with Crippen molar-refractivity contribution in [2.75, 3.05) is 51.3 Å². The third-order valence-corrected chi connectivity index (χ3v) is 7.09. The maximum atomic E-state index is 13.9. The molecule has 0 spiro atoms. The van der Waals surface area contributed by atoms with E-state index in [1.807, 2.05) is 13.8 Å². The Morgan fingerprint density at radius 2 is 2.03 bits per heavy atom. The van der Waals surface area contributed by atoms with Crippen LogP contribution < -0.4 is 15.0 Å². The Bertz CT molecular complexity index is 1060. The summed E-state index contributed by atoms with van der Waals surface area (Å²) in [5.74, 6) is -0.198. The van der Waals surface area contributed by atoms with E-state index in [1.54, 1.807) is 35.8 Å². The van der Waals surface area contributed by atoms with Crippen molar-refractivity contribution in [3.8, 4) is 5.75 Å². The molecule has 0 aromatic heterocycles. The number of hydrogen-bond acceptors (Lipinski definition) is 6. The van der Waals surface area contributed by atoms with Gasteiger partial charge in [-0.05, 0) is 50.8 Å². The van der Waals surface area contributed by atoms with Crippen molar-refractivity contribution in [1.29, 1.82) is 0 Å². The van der Waals surface area contributed by atoms with Gasteiger partial charge in [0.15, 0.2) is 0 Å². The Hall–Kier alpha value is -3.34. The molecule has 11 nitrogen and oxygen atoms in total. The van der Waals surface area contributed by atoms with Crippen LogP contribution in [0.5, 0.6) is 5.75 Å². The van der Waals surface area contributed by atoms with Crippen LogP contribution in [0.1, 0.15) is 62.4 Å². The standard InChI is InChI=1S/C27H40N4O7/c1-6-11-30(19-9-8-12-29(16-19)26(35)36)24(33)20-15-21-22(14-18(20)3)38-27(4,17-37-5)25(34)31(21)13-10-28-23(32)7-2/h14-15,19H,6-13,16-17H2,1-5H3,(H,28,32)(H,35,36)/t19-,27+/m1/s1. The van der Waals surface area contributed by atoms with Crippen LogP contribution in [0.25, 0.3) is 0 Å². The van der Waals surface area contributed by atoms with Gasteiger partial charge in [0.1, 0.15) is 5.75 Å². The number of carboxylic acid groups (broad SMARTS) is 1. The Morgan fingerprint density at radius 3 is 2.66 bits per heavy atom. The Kier molecular flexibility index (Phi) is 9.59. The topological polar surface area (TPSA) is 129 Å². The molecule has 2 aliphatic heterocycles. The molecule has 2 heterocycles. The predicted octanol–water partition coefficient (Wildman–Crippen LogP) is 2.65. The fraction of sp³-hybridized carbons (Fsp3) is 0.630. The number of carbonyl (C=O) groups excluding carboxylic acids is 3. The zero-order valence-corrected chi connectivity index (χ0v) is 23.0. The van der Waals surface area contributed by atoms with Crippen LogP contribution in [-0.2, 0) is 14.3 Å². The van der Waals surface area contributed by atoms with Crippen molar-refractivity contribution in [2.45, 2.75) is 65.0 Å². The Labute approximate surface area is 224 Å². The van der Waals surface area contributed by atoms with Crippen molar-refractivity contribution in [1.82, 2.24) is 15.1 Å². The Morgan fingerprint density at radius 1 is 1.29 bits per heavy atom. The van der Waals surface area contributed by atoms with E-state index in [9.17, 15) is 24.3 Å². The minimum absolute atomic E-state index is 0.0366. The molecule has 3 rings (SSSR count). The second-order valence-electron chi connectivity index (χ2n) is 10.1. The van der Waals surface area contributed by atoms with Crippen LogP contribution in [-0.4, -0.2) is 96.8 Å². The molecule has 0 bridgehead atoms. The lowest BCUT2D eigenvalue weighted by molar-refractivity contribution is -0.138. The zero-order valence-electron chi connectivity index (χ0n) is 23.0. The molecular weight excluding hydrogens is 492 g/mol. The first-order valence-corrected chi connectivity index (χ1v) is 13.3. The fourth-order valence-electron chi connectivity index (χ4n) is 5.12. The second kappa shape index (κ2) is 12.5. The average molecular weight is 533 g/mol. The lowest BCUT2D eigenvalue weighted by atomic mass is 9.97. The molecule has 1 aromatic carbocycles. The maximum absolute atomic E-state index is 13.9. The number of aryl methyl sites for hydroxylation is 1. The first-order valence-electron chi connectivity index (χ1n) is 13.3. The molecule has 0 saturated carbocycles. The molecule has 210 valence electrons. The summed E-state index contributed by atoms with van der Waals surface area (Å²) in [6.45, 7) is 8.91. The molecule has 1 saturated heterocycles. The smallest absolute Gasteiger partial charge is 0.407 e. The first-order chi connectivity index (χ1) is 18.1. The number of nitrogens with zero attached hydrogens (tertiary/aromatic N) is 3. The van der Waals surface area contributed by atoms with Gasteiger partial charge in [0.25, 0.3) is 11.8 Å². The number of likely N-dealkylation sites (tertiary alicyclic amines) is 1. The van der Waals surface area contributed by atoms with E-state index in [0.29, 0.717) is 48.5 Å². The number of fused-ring (bicyclic) bond motifs is 1. The van der Waals surface area contributed by atoms with Gasteiger partial charge in [0, 0.05) is 57.9 Å². The van der Waals surface area contributed by atoms with E-state index in [-0.39, 0.29) is 50.0 Å². The summed E-state index contributed by atoms with van der Waals surface area (Å²) in [6, 6.07) is 3.21. The van der Waals surface area contributed by atoms with Crippen molar-refractivity contribution in [2.24, 2.45) is 0 Å². The largest absolute Gasteiger partial charge is 0.473 e. The summed E-state index contributed by atoms with van der Waals surface area (Å²) >= 11 is 0. The minimum Gasteiger partial charge on any atom is -0.473 e. The quantitative estimate of drug-likeness (QED) is 0.474. The van der Waals surface area contributed by atoms with E-state index in [1.165, 1.54) is 12.0 Å². The van der Waals surface area contributed by atoms with Crippen LogP contribution in [0, 0.1) is 6.92 Å². The molecule has 1 aromatic rings. The van der Waals surface area contributed by atoms with Crippen LogP contribution in [0.3, 0.4) is 0 Å². The van der Waals surface area contributed by atoms with Crippen LogP contribution in [0.2, 0.25) is 0 Å². The van der Waals surface area contributed by atoms with Crippen molar-refractivity contribution >= 4 is 29.5 Å². The van der Waals surface area contributed by atoms with E-state index in [4.69, 9.17) is 9.47 Å². The number of benzene rings is 1. The highest BCUT2D eigenvalue weighted by Gasteiger charge is 2.45. The van der Waals surface area contributed by atoms with Gasteiger partial charge < -0.3 is 34.6 Å². The number of piperidine rings is 1. The molecule has 0 unspecified atom stereocenters. The molecule has 38 heavy (non-hydrogen) atoms. The van der Waals surface area contributed by atoms with Crippen LogP contribution in [0.15, 0.2) is 12.1 Å². The first kappa shape index (κ1) is 29.2. The average Bonchev–Trinajstić information content (AvgIpc) is 2.89. The molecule has 2 atom stereocenters. The SMILES string of the molecule is CCCN(C(=O)c1cc2c(cc1C)O[C@@](C)(COC)C(=O)N2CCNC(=O)CC)[C@@H]1CCCN(C(=O)O)C1. The number of amides is 4. The molecule has 2 aliphatic rings. The van der Waals surface area contributed by atoms with Gasteiger partial charge in [-0.2, -0.15) is 0 Å². The highest BCUT2D eigenvalue weighted by atomic mass is 16.5. The molecule has 1 fully saturated rings. The normalized spacial score (nSPS) is 21.0. The van der Waals surface area contributed by atoms with Crippen molar-refractivity contribution in [3.63, 3.8) is 0 Å². The summed E-state index contributed by atoms with van der Waals surface area (Å²) < 4.78 is 11.4. The van der Waals surface area contributed by atoms with Gasteiger partial charge in [-0.25, -0.2) is 4.79 Å². The summed E-state index contributed by atoms with van der Waals surface area (Å²) in [5.41, 5.74) is 0.314. The monoisotopic (exact) mass is 532 g/mol. The molecule has 2 N–H and O–H groups in total. The zero-order chi connectivity index (χ0) is 28.0. The van der Waals surface area contributed by atoms with Crippen LogP contribution in [0.4, 0.5) is 10.5 Å². The van der Waals surface area contributed by atoms with Crippen molar-refractivity contribution in [3.05, 3.63) is 23.3 Å². The third kappa shape index (κ3) is 6.20. The number of hydrogen-bond donors (Lipinski definition) is 2. The lowest BCUT2D eigenvalue weighted by Crippen LogP contribution is -2.58. The third-order valence-electron chi connectivity index (χ3n) is 7.09. The maximum Gasteiger partial charge on any atom is 0.407 e. The Balaban J connectivity index is 1.98. The summed E-state index contributed by atoms with van der Waals surface area (Å²) in [5, 5.41) is 12.3. The highest BCUT2D eigenvalue weighted by molar-refractivity contribution is 6.05. The van der Waals surface area contributed by atoms with E-state index >= 15 is 0 Å². The summed E-state index contributed by atoms with van der Waals surface area (Å²) in [7, 11) is 1.50. The number of methoxy groups -OCH3 is 1. The molecule has 4 amide bonds. The molecule has 0 aliphatic carbocycles. The summed E-state index contributed by atoms with van der Waals surface area (Å²) in [6.07, 6.45) is 1.48. The summed E-state index contributed by atoms with van der Waals surface area (Å²) in [4.78, 5) is 55.5. The van der Waals surface area contributed by atoms with Gasteiger partial charge in [-0.3, -0.25) is 14.4 Å². The fourth-order valence-corrected chi connectivity index (χ4v) is 5.12. The number of anilines is 1. The van der Waals surface area contributed by atoms with Gasteiger partial charge in [-0.15, -0.1) is 0 Å². The molecular formula is C27H40N4O7. The van der Waals surface area contributed by atoms with E-state index in [0.717, 1.165) is 12.8 Å². The van der Waals surface area contributed by atoms with E-state index < -0.39 is 11.7 Å².